The second kappa shape index (κ2) is 35.5. The van der Waals surface area contributed by atoms with Gasteiger partial charge in [-0.15, -0.1) is 0 Å². The van der Waals surface area contributed by atoms with Crippen LogP contribution < -0.4 is 0 Å². The first-order valence-electron chi connectivity index (χ1n) is 21.0. The summed E-state index contributed by atoms with van der Waals surface area (Å²) < 4.78 is 22.1. The molecule has 0 aliphatic carbocycles. The molecule has 0 radical (unpaired) electrons. The van der Waals surface area contributed by atoms with Crippen LogP contribution >= 0.6 is 0 Å². The Balaban J connectivity index is 2.37. The molecule has 1 rings (SSSR count). The van der Waals surface area contributed by atoms with Crippen molar-refractivity contribution in [2.24, 2.45) is 0 Å². The van der Waals surface area contributed by atoms with Crippen LogP contribution in [0.15, 0.2) is 72.9 Å². The summed E-state index contributed by atoms with van der Waals surface area (Å²) in [4.78, 5) is 25.1. The van der Waals surface area contributed by atoms with Crippen molar-refractivity contribution in [2.45, 2.75) is 179 Å². The minimum Gasteiger partial charge on any atom is -0.463 e. The van der Waals surface area contributed by atoms with Gasteiger partial charge in [0.15, 0.2) is 6.29 Å². The Hall–Kier alpha value is -2.86. The van der Waals surface area contributed by atoms with Crippen LogP contribution in [0.1, 0.15) is 142 Å². The lowest BCUT2D eigenvalue weighted by molar-refractivity contribution is -0.315. The van der Waals surface area contributed by atoms with Gasteiger partial charge in [0.25, 0.3) is 0 Å². The molecule has 314 valence electrons. The van der Waals surface area contributed by atoms with Gasteiger partial charge in [-0.1, -0.05) is 125 Å². The zero-order valence-electron chi connectivity index (χ0n) is 33.9. The van der Waals surface area contributed by atoms with E-state index in [1.54, 1.807) is 0 Å². The summed E-state index contributed by atoms with van der Waals surface area (Å²) >= 11 is 0. The highest BCUT2D eigenvalue weighted by Crippen LogP contribution is 2.23. The average Bonchev–Trinajstić information content (AvgIpc) is 3.18. The number of allylic oxidation sites excluding steroid dienone is 12. The third kappa shape index (κ3) is 27.4. The van der Waals surface area contributed by atoms with Crippen LogP contribution in [-0.4, -0.2) is 89.0 Å². The Labute approximate surface area is 332 Å². The van der Waals surface area contributed by atoms with Crippen molar-refractivity contribution in [1.82, 2.24) is 0 Å². The van der Waals surface area contributed by atoms with E-state index >= 15 is 0 Å². The number of rotatable bonds is 33. The average molecular weight is 775 g/mol. The summed E-state index contributed by atoms with van der Waals surface area (Å²) in [5.41, 5.74) is 0. The Morgan fingerprint density at radius 2 is 0.945 bits per heavy atom. The zero-order chi connectivity index (χ0) is 40.2. The second-order valence-electron chi connectivity index (χ2n) is 14.0. The third-order valence-electron chi connectivity index (χ3n) is 9.10. The van der Waals surface area contributed by atoms with E-state index in [4.69, 9.17) is 18.9 Å². The molecule has 1 fully saturated rings. The lowest BCUT2D eigenvalue weighted by Crippen LogP contribution is -2.60. The number of esters is 2. The Morgan fingerprint density at radius 3 is 1.38 bits per heavy atom. The molecule has 1 heterocycles. The highest BCUT2D eigenvalue weighted by atomic mass is 16.7. The SMILES string of the molecule is CCC=CCC=CCC=CCCCCCCCC(=O)OCC(COC(=O)CCCCCCCC=CCC=CCC=CCC)OC1OC(CO)C(O)C(O)C1O. The van der Waals surface area contributed by atoms with E-state index in [2.05, 4.69) is 86.8 Å². The molecule has 4 N–H and O–H groups in total. The largest absolute Gasteiger partial charge is 0.463 e. The van der Waals surface area contributed by atoms with Gasteiger partial charge in [-0.05, 0) is 77.0 Å². The van der Waals surface area contributed by atoms with E-state index < -0.39 is 55.4 Å². The lowest BCUT2D eigenvalue weighted by Gasteiger charge is -2.40. The summed E-state index contributed by atoms with van der Waals surface area (Å²) in [7, 11) is 0. The predicted molar refractivity (Wildman–Crippen MR) is 219 cm³/mol. The van der Waals surface area contributed by atoms with E-state index in [0.29, 0.717) is 12.8 Å². The molecule has 5 atom stereocenters. The number of carbonyl (C=O) groups is 2. The van der Waals surface area contributed by atoms with Crippen LogP contribution in [0, 0.1) is 0 Å². The number of carbonyl (C=O) groups excluding carboxylic acids is 2. The summed E-state index contributed by atoms with van der Waals surface area (Å²) in [6.07, 6.45) is 36.0. The molecule has 1 aliphatic rings. The standard InChI is InChI=1S/C45H74O10/c1-3-5-7-9-11-13-15-17-19-21-23-25-27-29-31-33-40(47)52-36-38(54-45-44(51)43(50)42(49)39(35-46)55-45)37-53-41(48)34-32-30-28-26-24-22-20-18-16-14-12-10-8-6-4-2/h5-8,11-14,17-20,38-39,42-46,49-51H,3-4,9-10,15-16,21-37H2,1-2H3. The zero-order valence-corrected chi connectivity index (χ0v) is 33.9. The van der Waals surface area contributed by atoms with E-state index in [0.717, 1.165) is 103 Å². The van der Waals surface area contributed by atoms with Gasteiger partial charge in [0.2, 0.25) is 0 Å². The van der Waals surface area contributed by atoms with Crippen molar-refractivity contribution in [2.75, 3.05) is 19.8 Å². The smallest absolute Gasteiger partial charge is 0.305 e. The van der Waals surface area contributed by atoms with E-state index in [1.165, 1.54) is 0 Å². The maximum atomic E-state index is 12.5. The monoisotopic (exact) mass is 775 g/mol. The first-order valence-corrected chi connectivity index (χ1v) is 21.0. The van der Waals surface area contributed by atoms with Gasteiger partial charge in [0.1, 0.15) is 43.7 Å². The molecule has 0 spiro atoms. The van der Waals surface area contributed by atoms with Crippen LogP contribution in [0.3, 0.4) is 0 Å². The molecule has 55 heavy (non-hydrogen) atoms. The maximum absolute atomic E-state index is 12.5. The fourth-order valence-electron chi connectivity index (χ4n) is 5.79. The fourth-order valence-corrected chi connectivity index (χ4v) is 5.79. The van der Waals surface area contributed by atoms with Crippen molar-refractivity contribution in [3.63, 3.8) is 0 Å². The first-order chi connectivity index (χ1) is 26.8. The van der Waals surface area contributed by atoms with Gasteiger partial charge in [0.05, 0.1) is 6.61 Å². The van der Waals surface area contributed by atoms with E-state index in [9.17, 15) is 30.0 Å². The second-order valence-corrected chi connectivity index (χ2v) is 14.0. The summed E-state index contributed by atoms with van der Waals surface area (Å²) in [6.45, 7) is 3.12. The lowest BCUT2D eigenvalue weighted by atomic mass is 9.99. The molecule has 0 bridgehead atoms. The van der Waals surface area contributed by atoms with Gasteiger partial charge < -0.3 is 39.4 Å². The predicted octanol–water partition coefficient (Wildman–Crippen LogP) is 8.44. The highest BCUT2D eigenvalue weighted by Gasteiger charge is 2.45. The molecular weight excluding hydrogens is 700 g/mol. The first kappa shape index (κ1) is 50.2. The number of aliphatic hydroxyl groups is 4. The Bertz CT molecular complexity index is 1060. The molecule has 0 aromatic rings. The molecule has 0 aromatic carbocycles. The molecule has 5 unspecified atom stereocenters. The van der Waals surface area contributed by atoms with Crippen LogP contribution in [0.4, 0.5) is 0 Å². The van der Waals surface area contributed by atoms with Crippen molar-refractivity contribution >= 4 is 11.9 Å². The Kier molecular flexibility index (Phi) is 32.4. The van der Waals surface area contributed by atoms with Crippen LogP contribution in [0.2, 0.25) is 0 Å². The van der Waals surface area contributed by atoms with Gasteiger partial charge in [-0.2, -0.15) is 0 Å². The molecule has 1 saturated heterocycles. The van der Waals surface area contributed by atoms with Gasteiger partial charge in [-0.3, -0.25) is 9.59 Å². The van der Waals surface area contributed by atoms with Crippen molar-refractivity contribution in [1.29, 1.82) is 0 Å². The highest BCUT2D eigenvalue weighted by molar-refractivity contribution is 5.69. The van der Waals surface area contributed by atoms with Gasteiger partial charge in [-0.25, -0.2) is 0 Å². The van der Waals surface area contributed by atoms with Crippen LogP contribution in [0.5, 0.6) is 0 Å². The number of ether oxygens (including phenoxy) is 4. The van der Waals surface area contributed by atoms with E-state index in [1.807, 2.05) is 0 Å². The molecule has 0 saturated carbocycles. The minimum atomic E-state index is -1.64. The van der Waals surface area contributed by atoms with Crippen molar-refractivity contribution < 1.29 is 49.0 Å². The summed E-state index contributed by atoms with van der Waals surface area (Å²) in [6, 6.07) is 0. The third-order valence-corrected chi connectivity index (χ3v) is 9.10. The molecular formula is C45H74O10. The molecule has 0 amide bonds. The summed E-state index contributed by atoms with van der Waals surface area (Å²) in [5.74, 6) is -0.838. The quantitative estimate of drug-likeness (QED) is 0.0291. The number of aliphatic hydroxyl groups excluding tert-OH is 4. The van der Waals surface area contributed by atoms with Crippen LogP contribution in [0.25, 0.3) is 0 Å². The number of hydrogen-bond donors (Lipinski definition) is 4. The van der Waals surface area contributed by atoms with Crippen molar-refractivity contribution in [3.05, 3.63) is 72.9 Å². The Morgan fingerprint density at radius 1 is 0.545 bits per heavy atom. The number of unbranched alkanes of at least 4 members (excludes halogenated alkanes) is 10. The minimum absolute atomic E-state index is 0.233. The molecule has 1 aliphatic heterocycles. The molecule has 0 aromatic heterocycles. The van der Waals surface area contributed by atoms with Gasteiger partial charge in [0, 0.05) is 12.8 Å². The van der Waals surface area contributed by atoms with Crippen molar-refractivity contribution in [3.8, 4) is 0 Å². The number of hydrogen-bond acceptors (Lipinski definition) is 10. The maximum Gasteiger partial charge on any atom is 0.305 e. The normalized spacial score (nSPS) is 21.3. The van der Waals surface area contributed by atoms with E-state index in [-0.39, 0.29) is 26.1 Å². The van der Waals surface area contributed by atoms with Crippen LogP contribution in [-0.2, 0) is 28.5 Å². The topological polar surface area (TPSA) is 152 Å². The molecule has 10 nitrogen and oxygen atoms in total. The summed E-state index contributed by atoms with van der Waals surface area (Å²) in [5, 5.41) is 40.3. The fraction of sp³-hybridized carbons (Fsp3) is 0.689. The van der Waals surface area contributed by atoms with Gasteiger partial charge >= 0.3 is 11.9 Å². The molecule has 10 heteroatoms.